The molecule has 0 aliphatic carbocycles. The minimum absolute atomic E-state index is 0.369. The van der Waals surface area contributed by atoms with E-state index in [4.69, 9.17) is 41.0 Å². The van der Waals surface area contributed by atoms with Crippen molar-refractivity contribution in [2.75, 3.05) is 13.1 Å². The number of benzene rings is 9. The Balaban J connectivity index is 0.000000146. The van der Waals surface area contributed by atoms with Gasteiger partial charge in [-0.1, -0.05) is 245 Å². The average Bonchev–Trinajstić information content (AvgIpc) is 1.27. The molecular weight excluding hydrogens is 1690 g/mol. The molecule has 8 heterocycles. The highest BCUT2D eigenvalue weighted by atomic mass is 15.3. The lowest BCUT2D eigenvalue weighted by Crippen LogP contribution is -2.42. The van der Waals surface area contributed by atoms with Gasteiger partial charge in [0, 0.05) is 66.4 Å². The summed E-state index contributed by atoms with van der Waals surface area (Å²) in [6.45, 7) is 33.1. The molecular formula is C113H122N24. The summed E-state index contributed by atoms with van der Waals surface area (Å²) < 4.78 is 8.37. The molecule has 0 spiro atoms. The molecule has 694 valence electrons. The number of para-hydroxylation sites is 4. The van der Waals surface area contributed by atoms with Gasteiger partial charge in [0.25, 0.3) is 0 Å². The number of aromatic nitrogens is 16. The van der Waals surface area contributed by atoms with E-state index in [2.05, 4.69) is 306 Å². The van der Waals surface area contributed by atoms with Crippen molar-refractivity contribution in [1.82, 2.24) is 98.6 Å². The lowest BCUT2D eigenvalue weighted by atomic mass is 9.91. The maximum atomic E-state index is 9.10. The van der Waals surface area contributed by atoms with E-state index in [-0.39, 0.29) is 0 Å². The second-order valence-electron chi connectivity index (χ2n) is 37.3. The standard InChI is InChI=1S/C30H28N6.C30H36N6.C28H32N6.C25H26N6/c31-19-25-12-14-26(15-13-25)20-36-23-32-34-30(36)22-35(18-6-9-24-7-2-1-3-8-24)21-28-17-16-27-10-4-5-11-29(27)33-28;1-22(2)15-28(16-23(3)4)35(19-27-14-13-26-7-5-6-8-29(26)33-27)20-30-34-32-21-36(30)18-25-11-9-24(17-31)10-12-25;1-20(2)28(21(3)4)33(17-25-14-13-24-7-5-6-8-26(24)31-25)18-27-32-30-19-34(27)16-23-11-9-22(15-29)10-12-23;1-19(2)14-30(16-23-12-11-22-5-3-4-6-24(22)28-23)17-25-29-27-18-31(25)15-21-9-7-20(13-26)8-10-21/h1-5,7-8,10-17,23H,6,9,18,20-22H2;5-14,21-23,28H,15-16,18-20H2,1-4H3;5-14,19-21,28H,16-18H2,1-4H3;3-12,18-19H,14-17H2,1-2H3. The van der Waals surface area contributed by atoms with Crippen LogP contribution in [-0.2, 0) is 85.0 Å². The predicted octanol–water partition coefficient (Wildman–Crippen LogP) is 21.4. The molecule has 24 heteroatoms. The van der Waals surface area contributed by atoms with E-state index in [1.807, 2.05) is 140 Å². The van der Waals surface area contributed by atoms with Crippen molar-refractivity contribution in [3.05, 3.63) is 394 Å². The Hall–Kier alpha value is -15.0. The summed E-state index contributed by atoms with van der Waals surface area (Å²) in [6.07, 6.45) is 11.5. The zero-order valence-corrected chi connectivity index (χ0v) is 80.3. The van der Waals surface area contributed by atoms with Crippen molar-refractivity contribution in [3.8, 4) is 24.3 Å². The van der Waals surface area contributed by atoms with Crippen LogP contribution in [-0.4, -0.2) is 124 Å². The molecule has 9 aromatic carbocycles. The number of hydrogen-bond acceptors (Lipinski definition) is 20. The molecule has 0 atom stereocenters. The number of nitriles is 4. The Morgan fingerprint density at radius 1 is 0.285 bits per heavy atom. The summed E-state index contributed by atoms with van der Waals surface area (Å²) in [6, 6.07) is 101. The van der Waals surface area contributed by atoms with Crippen LogP contribution in [0.1, 0.15) is 185 Å². The van der Waals surface area contributed by atoms with Crippen LogP contribution in [0.5, 0.6) is 0 Å². The zero-order chi connectivity index (χ0) is 95.8. The summed E-state index contributed by atoms with van der Waals surface area (Å²) in [7, 11) is 0. The summed E-state index contributed by atoms with van der Waals surface area (Å²) in [5.41, 5.74) is 16.8. The third-order valence-corrected chi connectivity index (χ3v) is 24.3. The van der Waals surface area contributed by atoms with Crippen LogP contribution in [0.15, 0.2) is 298 Å². The first-order valence-corrected chi connectivity index (χ1v) is 47.5. The number of rotatable bonds is 38. The first kappa shape index (κ1) is 98.0. The number of fused-ring (bicyclic) bond motifs is 4. The lowest BCUT2D eigenvalue weighted by Gasteiger charge is -2.37. The highest BCUT2D eigenvalue weighted by Crippen LogP contribution is 2.29. The van der Waals surface area contributed by atoms with Crippen LogP contribution in [0.25, 0.3) is 43.6 Å². The summed E-state index contributed by atoms with van der Waals surface area (Å²) in [4.78, 5) is 29.5. The van der Waals surface area contributed by atoms with Crippen molar-refractivity contribution in [2.24, 2.45) is 29.6 Å². The van der Waals surface area contributed by atoms with Crippen LogP contribution < -0.4 is 0 Å². The fourth-order valence-electron chi connectivity index (χ4n) is 17.8. The third-order valence-electron chi connectivity index (χ3n) is 24.3. The third kappa shape index (κ3) is 29.0. The minimum Gasteiger partial charge on any atom is -0.312 e. The van der Waals surface area contributed by atoms with Crippen molar-refractivity contribution in [3.63, 3.8) is 0 Å². The maximum Gasteiger partial charge on any atom is 0.147 e. The van der Waals surface area contributed by atoms with Crippen molar-refractivity contribution in [1.29, 1.82) is 21.0 Å². The number of hydrogen-bond donors (Lipinski definition) is 0. The smallest absolute Gasteiger partial charge is 0.147 e. The second-order valence-corrected chi connectivity index (χ2v) is 37.3. The number of pyridine rings is 4. The minimum atomic E-state index is 0.369. The van der Waals surface area contributed by atoms with Gasteiger partial charge in [-0.3, -0.25) is 39.5 Å². The van der Waals surface area contributed by atoms with Crippen molar-refractivity contribution >= 4 is 43.6 Å². The number of aryl methyl sites for hydroxylation is 1. The zero-order valence-electron chi connectivity index (χ0n) is 80.3. The van der Waals surface area contributed by atoms with E-state index in [1.165, 1.54) is 5.56 Å². The summed E-state index contributed by atoms with van der Waals surface area (Å²) in [5.74, 6) is 6.38. The maximum absolute atomic E-state index is 9.10. The van der Waals surface area contributed by atoms with Gasteiger partial charge in [-0.05, 0) is 187 Å². The molecule has 0 aliphatic heterocycles. The monoisotopic (exact) mass is 1820 g/mol. The first-order chi connectivity index (χ1) is 66.7. The van der Waals surface area contributed by atoms with Gasteiger partial charge in [-0.25, -0.2) is 0 Å². The van der Waals surface area contributed by atoms with Crippen LogP contribution in [0.3, 0.4) is 0 Å². The molecule has 0 N–H and O–H groups in total. The molecule has 0 aliphatic rings. The van der Waals surface area contributed by atoms with Gasteiger partial charge >= 0.3 is 0 Å². The topological polar surface area (TPSA) is 283 Å². The van der Waals surface area contributed by atoms with E-state index < -0.39 is 0 Å². The van der Waals surface area contributed by atoms with Gasteiger partial charge in [-0.2, -0.15) is 21.0 Å². The SMILES string of the molecule is CC(C)C(C(C)C)N(Cc1ccc2ccccc2n1)Cc1nncn1Cc1ccc(C#N)cc1.CC(C)CC(CC(C)C)N(Cc1ccc2ccccc2n1)Cc1nncn1Cc1ccc(C#N)cc1.CC(C)CN(Cc1ccc2ccccc2n1)Cc1nncn1Cc1ccc(C#N)cc1.N#Cc1ccc(Cn2cnnc2CN(CCCc2ccccc2)Cc2ccc3ccccc3n2)cc1. The average molecular weight is 1820 g/mol. The Labute approximate surface area is 805 Å². The molecule has 0 bridgehead atoms. The summed E-state index contributed by atoms with van der Waals surface area (Å²) in [5, 5.41) is 75.5. The van der Waals surface area contributed by atoms with Gasteiger partial charge in [-0.15, -0.1) is 40.8 Å². The van der Waals surface area contributed by atoms with Gasteiger partial charge in [0.15, 0.2) is 0 Å². The molecule has 0 saturated heterocycles. The normalized spacial score (nSPS) is 11.5. The molecule has 0 saturated carbocycles. The molecule has 0 fully saturated rings. The largest absolute Gasteiger partial charge is 0.312 e. The molecule has 0 unspecified atom stereocenters. The molecule has 8 aromatic heterocycles. The Morgan fingerprint density at radius 2 is 0.584 bits per heavy atom. The fraction of sp³-hybridized carbons (Fsp3) is 0.310. The lowest BCUT2D eigenvalue weighted by molar-refractivity contribution is 0.0937. The van der Waals surface area contributed by atoms with Crippen molar-refractivity contribution < 1.29 is 0 Å². The Bertz CT molecular complexity index is 6830. The molecule has 17 aromatic rings. The predicted molar refractivity (Wildman–Crippen MR) is 541 cm³/mol. The van der Waals surface area contributed by atoms with E-state index in [0.717, 1.165) is 177 Å². The quantitative estimate of drug-likeness (QED) is 0.0347. The molecule has 137 heavy (non-hydrogen) atoms. The van der Waals surface area contributed by atoms with Crippen LogP contribution in [0, 0.1) is 74.9 Å². The molecule has 0 amide bonds. The van der Waals surface area contributed by atoms with E-state index >= 15 is 0 Å². The van der Waals surface area contributed by atoms with Gasteiger partial charge in [0.05, 0.1) is 144 Å². The van der Waals surface area contributed by atoms with Crippen molar-refractivity contribution in [2.45, 2.75) is 186 Å². The van der Waals surface area contributed by atoms with Gasteiger partial charge in [0.2, 0.25) is 0 Å². The first-order valence-electron chi connectivity index (χ1n) is 47.5. The van der Waals surface area contributed by atoms with Gasteiger partial charge < -0.3 is 18.3 Å². The molecule has 24 nitrogen and oxygen atoms in total. The van der Waals surface area contributed by atoms with E-state index in [9.17, 15) is 0 Å². The Kier molecular flexibility index (Phi) is 35.3. The fourth-order valence-corrected chi connectivity index (χ4v) is 17.8. The van der Waals surface area contributed by atoms with Crippen LogP contribution in [0.2, 0.25) is 0 Å². The van der Waals surface area contributed by atoms with E-state index in [0.29, 0.717) is 116 Å². The highest BCUT2D eigenvalue weighted by molar-refractivity contribution is 5.80. The molecule has 17 rings (SSSR count). The number of nitrogens with zero attached hydrogens (tertiary/aromatic N) is 24. The van der Waals surface area contributed by atoms with E-state index in [1.54, 1.807) is 25.3 Å². The molecule has 0 radical (unpaired) electrons. The Morgan fingerprint density at radius 3 is 0.912 bits per heavy atom. The summed E-state index contributed by atoms with van der Waals surface area (Å²) >= 11 is 0. The van der Waals surface area contributed by atoms with Crippen LogP contribution >= 0.6 is 0 Å². The highest BCUT2D eigenvalue weighted by Gasteiger charge is 2.29. The van der Waals surface area contributed by atoms with Crippen LogP contribution in [0.4, 0.5) is 0 Å². The second kappa shape index (κ2) is 49.3. The van der Waals surface area contributed by atoms with Gasteiger partial charge in [0.1, 0.15) is 48.6 Å².